The van der Waals surface area contributed by atoms with Crippen molar-refractivity contribution in [3.05, 3.63) is 28.2 Å². The predicted octanol–water partition coefficient (Wildman–Crippen LogP) is 5.45. The third-order valence-electron chi connectivity index (χ3n) is 4.25. The van der Waals surface area contributed by atoms with Gasteiger partial charge < -0.3 is 4.90 Å². The van der Waals surface area contributed by atoms with Crippen LogP contribution >= 0.6 is 27.5 Å². The van der Waals surface area contributed by atoms with E-state index in [-0.39, 0.29) is 0 Å². The van der Waals surface area contributed by atoms with E-state index in [1.54, 1.807) is 0 Å². The average molecular weight is 345 g/mol. The lowest BCUT2D eigenvalue weighted by atomic mass is 9.75. The second-order valence-corrected chi connectivity index (χ2v) is 7.72. The van der Waals surface area contributed by atoms with Crippen LogP contribution in [0.4, 0.5) is 5.69 Å². The summed E-state index contributed by atoms with van der Waals surface area (Å²) >= 11 is 9.63. The molecule has 1 heterocycles. The number of hydrogen-bond donors (Lipinski definition) is 0. The molecule has 2 rings (SSSR count). The Bertz CT molecular complexity index is 431. The van der Waals surface area contributed by atoms with Gasteiger partial charge in [-0.05, 0) is 41.9 Å². The molecule has 1 aromatic carbocycles. The molecule has 0 spiro atoms. The maximum atomic E-state index is 6.06. The molecule has 1 aromatic rings. The molecular weight excluding hydrogens is 322 g/mol. The van der Waals surface area contributed by atoms with Gasteiger partial charge in [0.15, 0.2) is 0 Å². The van der Waals surface area contributed by atoms with Gasteiger partial charge in [-0.3, -0.25) is 0 Å². The standard InChI is InChI=1S/C16H23BrClN/c1-16(2,3)13-6-8-19(9-7-13)15-10-14(17)5-4-12(15)11-18/h4-5,10,13H,6-9,11H2,1-3H3. The van der Waals surface area contributed by atoms with Crippen LogP contribution in [0.5, 0.6) is 0 Å². The van der Waals surface area contributed by atoms with E-state index in [1.807, 2.05) is 0 Å². The molecule has 1 fully saturated rings. The number of halogens is 2. The molecule has 19 heavy (non-hydrogen) atoms. The zero-order valence-electron chi connectivity index (χ0n) is 12.0. The fraction of sp³-hybridized carbons (Fsp3) is 0.625. The van der Waals surface area contributed by atoms with Crippen molar-refractivity contribution in [3.8, 4) is 0 Å². The largest absolute Gasteiger partial charge is 0.371 e. The highest BCUT2D eigenvalue weighted by Crippen LogP contribution is 2.37. The fourth-order valence-corrected chi connectivity index (χ4v) is 3.51. The Morgan fingerprint density at radius 1 is 1.26 bits per heavy atom. The Kier molecular flexibility index (Phi) is 4.84. The van der Waals surface area contributed by atoms with Gasteiger partial charge in [-0.15, -0.1) is 11.6 Å². The van der Waals surface area contributed by atoms with Crippen molar-refractivity contribution < 1.29 is 0 Å². The van der Waals surface area contributed by atoms with Crippen LogP contribution in [0.25, 0.3) is 0 Å². The van der Waals surface area contributed by atoms with Gasteiger partial charge in [-0.25, -0.2) is 0 Å². The van der Waals surface area contributed by atoms with Crippen molar-refractivity contribution in [1.82, 2.24) is 0 Å². The number of rotatable bonds is 2. The second kappa shape index (κ2) is 6.05. The van der Waals surface area contributed by atoms with E-state index < -0.39 is 0 Å². The maximum Gasteiger partial charge on any atom is 0.0494 e. The first-order valence-electron chi connectivity index (χ1n) is 7.01. The summed E-state index contributed by atoms with van der Waals surface area (Å²) in [6.45, 7) is 9.36. The van der Waals surface area contributed by atoms with Crippen LogP contribution in [-0.4, -0.2) is 13.1 Å². The monoisotopic (exact) mass is 343 g/mol. The average Bonchev–Trinajstić information content (AvgIpc) is 2.38. The SMILES string of the molecule is CC(C)(C)C1CCN(c2cc(Br)ccc2CCl)CC1. The minimum Gasteiger partial charge on any atom is -0.371 e. The molecule has 0 N–H and O–H groups in total. The molecule has 0 bridgehead atoms. The van der Waals surface area contributed by atoms with Gasteiger partial charge in [-0.2, -0.15) is 0 Å². The molecule has 0 aromatic heterocycles. The van der Waals surface area contributed by atoms with Crippen molar-refractivity contribution in [1.29, 1.82) is 0 Å². The zero-order valence-corrected chi connectivity index (χ0v) is 14.4. The van der Waals surface area contributed by atoms with E-state index >= 15 is 0 Å². The van der Waals surface area contributed by atoms with Gasteiger partial charge in [0.1, 0.15) is 0 Å². The quantitative estimate of drug-likeness (QED) is 0.645. The third-order valence-corrected chi connectivity index (χ3v) is 5.03. The van der Waals surface area contributed by atoms with Crippen molar-refractivity contribution in [2.24, 2.45) is 11.3 Å². The highest BCUT2D eigenvalue weighted by molar-refractivity contribution is 9.10. The summed E-state index contributed by atoms with van der Waals surface area (Å²) in [6, 6.07) is 6.40. The summed E-state index contributed by atoms with van der Waals surface area (Å²) in [5.41, 5.74) is 2.97. The highest BCUT2D eigenvalue weighted by atomic mass is 79.9. The van der Waals surface area contributed by atoms with Gasteiger partial charge in [0.2, 0.25) is 0 Å². The lowest BCUT2D eigenvalue weighted by Crippen LogP contribution is -2.38. The molecule has 0 atom stereocenters. The molecular formula is C16H23BrClN. The van der Waals surface area contributed by atoms with Gasteiger partial charge in [0.05, 0.1) is 0 Å². The first-order chi connectivity index (χ1) is 8.91. The molecule has 1 nitrogen and oxygen atoms in total. The van der Waals surface area contributed by atoms with Crippen molar-refractivity contribution >= 4 is 33.2 Å². The van der Waals surface area contributed by atoms with Gasteiger partial charge in [0.25, 0.3) is 0 Å². The molecule has 0 unspecified atom stereocenters. The fourth-order valence-electron chi connectivity index (χ4n) is 2.93. The molecule has 0 saturated carbocycles. The Morgan fingerprint density at radius 2 is 1.89 bits per heavy atom. The first-order valence-corrected chi connectivity index (χ1v) is 8.34. The van der Waals surface area contributed by atoms with E-state index in [0.29, 0.717) is 11.3 Å². The van der Waals surface area contributed by atoms with Crippen LogP contribution in [0, 0.1) is 11.3 Å². The highest BCUT2D eigenvalue weighted by Gasteiger charge is 2.29. The lowest BCUT2D eigenvalue weighted by Gasteiger charge is -2.40. The number of anilines is 1. The number of benzene rings is 1. The van der Waals surface area contributed by atoms with E-state index in [0.717, 1.165) is 23.5 Å². The normalized spacial score (nSPS) is 17.8. The van der Waals surface area contributed by atoms with Gasteiger partial charge in [0, 0.05) is 29.1 Å². The summed E-state index contributed by atoms with van der Waals surface area (Å²) in [7, 11) is 0. The van der Waals surface area contributed by atoms with Crippen molar-refractivity contribution in [3.63, 3.8) is 0 Å². The predicted molar refractivity (Wildman–Crippen MR) is 88.1 cm³/mol. The van der Waals surface area contributed by atoms with E-state index in [2.05, 4.69) is 59.8 Å². The van der Waals surface area contributed by atoms with Crippen molar-refractivity contribution in [2.75, 3.05) is 18.0 Å². The zero-order chi connectivity index (χ0) is 14.0. The maximum absolute atomic E-state index is 6.06. The van der Waals surface area contributed by atoms with Crippen LogP contribution < -0.4 is 4.90 Å². The molecule has 106 valence electrons. The van der Waals surface area contributed by atoms with Crippen LogP contribution in [0.15, 0.2) is 22.7 Å². The number of piperidine rings is 1. The van der Waals surface area contributed by atoms with Crippen LogP contribution in [0.3, 0.4) is 0 Å². The summed E-state index contributed by atoms with van der Waals surface area (Å²) in [5.74, 6) is 1.41. The van der Waals surface area contributed by atoms with E-state index in [9.17, 15) is 0 Å². The Morgan fingerprint density at radius 3 is 2.42 bits per heavy atom. The lowest BCUT2D eigenvalue weighted by molar-refractivity contribution is 0.199. The Hall–Kier alpha value is -0.210. The van der Waals surface area contributed by atoms with Crippen LogP contribution in [0.2, 0.25) is 0 Å². The summed E-state index contributed by atoms with van der Waals surface area (Å²) in [4.78, 5) is 2.49. The number of nitrogens with zero attached hydrogens (tertiary/aromatic N) is 1. The van der Waals surface area contributed by atoms with E-state index in [1.165, 1.54) is 24.1 Å². The van der Waals surface area contributed by atoms with E-state index in [4.69, 9.17) is 11.6 Å². The van der Waals surface area contributed by atoms with Gasteiger partial charge >= 0.3 is 0 Å². The summed E-state index contributed by atoms with van der Waals surface area (Å²) < 4.78 is 1.13. The number of hydrogen-bond acceptors (Lipinski definition) is 1. The molecule has 3 heteroatoms. The van der Waals surface area contributed by atoms with Gasteiger partial charge in [-0.1, -0.05) is 42.8 Å². The molecule has 1 aliphatic rings. The number of alkyl halides is 1. The van der Waals surface area contributed by atoms with Crippen LogP contribution in [-0.2, 0) is 5.88 Å². The molecule has 0 aliphatic carbocycles. The smallest absolute Gasteiger partial charge is 0.0494 e. The Labute approximate surface area is 130 Å². The summed E-state index contributed by atoms with van der Waals surface area (Å²) in [5, 5.41) is 0. The summed E-state index contributed by atoms with van der Waals surface area (Å²) in [6.07, 6.45) is 2.55. The topological polar surface area (TPSA) is 3.24 Å². The Balaban J connectivity index is 2.11. The second-order valence-electron chi connectivity index (χ2n) is 6.53. The molecule has 0 amide bonds. The van der Waals surface area contributed by atoms with Crippen molar-refractivity contribution in [2.45, 2.75) is 39.5 Å². The van der Waals surface area contributed by atoms with Crippen LogP contribution in [0.1, 0.15) is 39.2 Å². The minimum absolute atomic E-state index is 0.429. The molecule has 1 aliphatic heterocycles. The minimum atomic E-state index is 0.429. The molecule has 1 saturated heterocycles. The third kappa shape index (κ3) is 3.66. The molecule has 0 radical (unpaired) electrons. The first kappa shape index (κ1) is 15.2.